The molecule has 1 aromatic carbocycles. The van der Waals surface area contributed by atoms with Crippen LogP contribution in [0, 0.1) is 11.7 Å². The molecule has 0 saturated heterocycles. The van der Waals surface area contributed by atoms with Gasteiger partial charge in [-0.3, -0.25) is 0 Å². The first kappa shape index (κ1) is 15.9. The van der Waals surface area contributed by atoms with Crippen molar-refractivity contribution in [3.05, 3.63) is 52.7 Å². The van der Waals surface area contributed by atoms with Gasteiger partial charge >= 0.3 is 0 Å². The van der Waals surface area contributed by atoms with Crippen molar-refractivity contribution < 1.29 is 4.39 Å². The summed E-state index contributed by atoms with van der Waals surface area (Å²) in [6, 6.07) is 10.9. The molecular weight excluding hydrogens is 281 g/mol. The first-order valence-corrected chi connectivity index (χ1v) is 8.18. The van der Waals surface area contributed by atoms with E-state index >= 15 is 0 Å². The quantitative estimate of drug-likeness (QED) is 0.773. The molecular formula is C18H22FNS. The Labute approximate surface area is 130 Å². The third-order valence-corrected chi connectivity index (χ3v) is 4.49. The lowest BCUT2D eigenvalue weighted by atomic mass is 10.0. The second kappa shape index (κ2) is 7.53. The lowest BCUT2D eigenvalue weighted by molar-refractivity contribution is 0.628. The van der Waals surface area contributed by atoms with Crippen LogP contribution in [-0.4, -0.2) is 13.1 Å². The molecule has 1 nitrogen and oxygen atoms in total. The predicted octanol–water partition coefficient (Wildman–Crippen LogP) is 5.20. The molecule has 0 atom stereocenters. The Morgan fingerprint density at radius 3 is 2.52 bits per heavy atom. The summed E-state index contributed by atoms with van der Waals surface area (Å²) in [6.45, 7) is 8.47. The second-order valence-electron chi connectivity index (χ2n) is 5.36. The fourth-order valence-corrected chi connectivity index (χ4v) is 3.06. The summed E-state index contributed by atoms with van der Waals surface area (Å²) in [5.41, 5.74) is 2.48. The number of benzene rings is 1. The van der Waals surface area contributed by atoms with Crippen molar-refractivity contribution in [1.82, 2.24) is 5.32 Å². The normalized spacial score (nSPS) is 12.1. The van der Waals surface area contributed by atoms with Crippen LogP contribution in [-0.2, 0) is 0 Å². The zero-order chi connectivity index (χ0) is 15.2. The topological polar surface area (TPSA) is 12.0 Å². The summed E-state index contributed by atoms with van der Waals surface area (Å²) in [5.74, 6) is 0.337. The van der Waals surface area contributed by atoms with Crippen molar-refractivity contribution in [2.45, 2.75) is 20.8 Å². The summed E-state index contributed by atoms with van der Waals surface area (Å²) < 4.78 is 13.0. The van der Waals surface area contributed by atoms with Crippen molar-refractivity contribution in [1.29, 1.82) is 0 Å². The highest BCUT2D eigenvalue weighted by Crippen LogP contribution is 2.30. The van der Waals surface area contributed by atoms with E-state index in [9.17, 15) is 4.39 Å². The molecule has 0 spiro atoms. The lowest BCUT2D eigenvalue weighted by Gasteiger charge is -2.11. The van der Waals surface area contributed by atoms with Gasteiger partial charge in [0.25, 0.3) is 0 Å². The van der Waals surface area contributed by atoms with Gasteiger partial charge in [-0.25, -0.2) is 4.39 Å². The fraction of sp³-hybridized carbons (Fsp3) is 0.333. The van der Waals surface area contributed by atoms with Gasteiger partial charge in [0.1, 0.15) is 5.82 Å². The van der Waals surface area contributed by atoms with Gasteiger partial charge in [0.15, 0.2) is 0 Å². The minimum Gasteiger partial charge on any atom is -0.313 e. The average Bonchev–Trinajstić information content (AvgIpc) is 2.92. The van der Waals surface area contributed by atoms with E-state index in [4.69, 9.17) is 0 Å². The van der Waals surface area contributed by atoms with Crippen LogP contribution in [0.25, 0.3) is 16.5 Å². The third kappa shape index (κ3) is 4.51. The van der Waals surface area contributed by atoms with Crippen LogP contribution in [0.2, 0.25) is 0 Å². The summed E-state index contributed by atoms with van der Waals surface area (Å²) in [7, 11) is 0. The molecule has 0 aliphatic heterocycles. The Kier molecular flexibility index (Phi) is 5.71. The van der Waals surface area contributed by atoms with E-state index in [2.05, 4.69) is 44.3 Å². The van der Waals surface area contributed by atoms with Crippen LogP contribution < -0.4 is 5.32 Å². The Balaban J connectivity index is 2.20. The van der Waals surface area contributed by atoms with E-state index in [0.29, 0.717) is 5.92 Å². The van der Waals surface area contributed by atoms with Crippen LogP contribution in [0.3, 0.4) is 0 Å². The lowest BCUT2D eigenvalue weighted by Crippen LogP contribution is -2.18. The van der Waals surface area contributed by atoms with Gasteiger partial charge in [0.2, 0.25) is 0 Å². The van der Waals surface area contributed by atoms with Gasteiger partial charge in [0.05, 0.1) is 0 Å². The van der Waals surface area contributed by atoms with E-state index < -0.39 is 0 Å². The molecule has 1 N–H and O–H groups in total. The number of rotatable bonds is 6. The smallest absolute Gasteiger partial charge is 0.123 e. The minimum absolute atomic E-state index is 0.192. The fourth-order valence-electron chi connectivity index (χ4n) is 2.07. The molecule has 0 aliphatic rings. The van der Waals surface area contributed by atoms with Crippen molar-refractivity contribution >= 4 is 17.4 Å². The maximum absolute atomic E-state index is 13.0. The molecule has 0 bridgehead atoms. The number of nitrogens with one attached hydrogen (secondary N) is 1. The van der Waals surface area contributed by atoms with Crippen LogP contribution >= 0.6 is 11.3 Å². The maximum atomic E-state index is 13.0. The molecule has 2 aromatic rings. The summed E-state index contributed by atoms with van der Waals surface area (Å²) >= 11 is 1.74. The minimum atomic E-state index is -0.192. The highest BCUT2D eigenvalue weighted by molar-refractivity contribution is 7.16. The predicted molar refractivity (Wildman–Crippen MR) is 91.1 cm³/mol. The van der Waals surface area contributed by atoms with E-state index in [1.165, 1.54) is 27.5 Å². The Morgan fingerprint density at radius 2 is 1.90 bits per heavy atom. The Hall–Kier alpha value is -1.45. The van der Waals surface area contributed by atoms with Gasteiger partial charge in [-0.1, -0.05) is 38.5 Å². The van der Waals surface area contributed by atoms with E-state index in [1.807, 2.05) is 12.1 Å². The molecule has 0 unspecified atom stereocenters. The summed E-state index contributed by atoms with van der Waals surface area (Å²) in [6.07, 6.45) is 2.27. The summed E-state index contributed by atoms with van der Waals surface area (Å²) in [5, 5.41) is 3.39. The van der Waals surface area contributed by atoms with Crippen molar-refractivity contribution in [2.24, 2.45) is 5.92 Å². The van der Waals surface area contributed by atoms with E-state index in [0.717, 1.165) is 18.7 Å². The highest BCUT2D eigenvalue weighted by atomic mass is 32.1. The van der Waals surface area contributed by atoms with Crippen LogP contribution in [0.5, 0.6) is 0 Å². The zero-order valence-corrected chi connectivity index (χ0v) is 13.6. The summed E-state index contributed by atoms with van der Waals surface area (Å²) in [4.78, 5) is 2.42. The largest absolute Gasteiger partial charge is 0.313 e. The first-order valence-electron chi connectivity index (χ1n) is 7.37. The first-order chi connectivity index (χ1) is 10.1. The molecule has 1 heterocycles. The molecule has 3 heteroatoms. The number of hydrogen-bond donors (Lipinski definition) is 1. The monoisotopic (exact) mass is 303 g/mol. The van der Waals surface area contributed by atoms with Crippen molar-refractivity contribution in [3.63, 3.8) is 0 Å². The Bertz CT molecular complexity index is 596. The zero-order valence-electron chi connectivity index (χ0n) is 12.8. The molecule has 0 aliphatic carbocycles. The molecule has 0 amide bonds. The van der Waals surface area contributed by atoms with E-state index in [1.54, 1.807) is 11.3 Å². The number of halogens is 1. The van der Waals surface area contributed by atoms with Gasteiger partial charge in [-0.05, 0) is 48.4 Å². The molecule has 0 radical (unpaired) electrons. The molecule has 0 fully saturated rings. The maximum Gasteiger partial charge on any atom is 0.123 e. The van der Waals surface area contributed by atoms with Crippen LogP contribution in [0.15, 0.2) is 42.0 Å². The third-order valence-electron chi connectivity index (χ3n) is 3.40. The number of hydrogen-bond acceptors (Lipinski definition) is 2. The van der Waals surface area contributed by atoms with E-state index in [-0.39, 0.29) is 5.82 Å². The number of likely N-dealkylation sites (N-methyl/N-ethyl adjacent to an activating group) is 1. The second-order valence-corrected chi connectivity index (χ2v) is 6.48. The number of thiophene rings is 1. The van der Waals surface area contributed by atoms with Crippen LogP contribution in [0.1, 0.15) is 25.6 Å². The van der Waals surface area contributed by atoms with Gasteiger partial charge in [-0.15, -0.1) is 11.3 Å². The van der Waals surface area contributed by atoms with Gasteiger partial charge in [-0.2, -0.15) is 0 Å². The molecule has 0 saturated carbocycles. The van der Waals surface area contributed by atoms with Crippen LogP contribution in [0.4, 0.5) is 4.39 Å². The molecule has 2 rings (SSSR count). The molecule has 1 aromatic heterocycles. The Morgan fingerprint density at radius 1 is 1.19 bits per heavy atom. The van der Waals surface area contributed by atoms with Gasteiger partial charge in [0, 0.05) is 16.3 Å². The van der Waals surface area contributed by atoms with Gasteiger partial charge < -0.3 is 5.32 Å². The standard InChI is InChI=1S/C18H22FNS/c1-4-20-12-15(13(2)3)11-17-9-10-18(21-17)14-5-7-16(19)8-6-14/h5-11,13,20H,4,12H2,1-3H3. The molecule has 112 valence electrons. The average molecular weight is 303 g/mol. The molecule has 21 heavy (non-hydrogen) atoms. The SMILES string of the molecule is CCNCC(=Cc1ccc(-c2ccc(F)cc2)s1)C(C)C. The highest BCUT2D eigenvalue weighted by Gasteiger charge is 2.06. The van der Waals surface area contributed by atoms with Crippen molar-refractivity contribution in [3.8, 4) is 10.4 Å². The van der Waals surface area contributed by atoms with Crippen molar-refractivity contribution in [2.75, 3.05) is 13.1 Å².